The van der Waals surface area contributed by atoms with Gasteiger partial charge in [-0.25, -0.2) is 0 Å². The number of amides is 2. The maximum Gasteiger partial charge on any atom is 0.270 e. The van der Waals surface area contributed by atoms with E-state index in [1.165, 1.54) is 24.3 Å². The molecule has 0 aromatic heterocycles. The monoisotopic (exact) mass is 372 g/mol. The van der Waals surface area contributed by atoms with Crippen LogP contribution in [0.2, 0.25) is 0 Å². The van der Waals surface area contributed by atoms with Crippen molar-refractivity contribution in [2.24, 2.45) is 11.7 Å². The molecule has 0 spiro atoms. The molecule has 4 N–H and O–H groups in total. The van der Waals surface area contributed by atoms with E-state index in [0.29, 0.717) is 12.5 Å². The summed E-state index contributed by atoms with van der Waals surface area (Å²) in [7, 11) is 0. The highest BCUT2D eigenvalue weighted by molar-refractivity contribution is 5.97. The molecule has 9 heteroatoms. The molecule has 0 radical (unpaired) electrons. The van der Waals surface area contributed by atoms with Gasteiger partial charge in [0.05, 0.1) is 4.92 Å². The Morgan fingerprint density at radius 2 is 1.88 bits per heavy atom. The predicted octanol–water partition coefficient (Wildman–Crippen LogP) is 1.62. The minimum absolute atomic E-state index is 0. The van der Waals surface area contributed by atoms with Crippen LogP contribution in [0.15, 0.2) is 24.3 Å². The van der Waals surface area contributed by atoms with Crippen LogP contribution in [0.25, 0.3) is 0 Å². The van der Waals surface area contributed by atoms with Gasteiger partial charge in [-0.1, -0.05) is 19.9 Å². The van der Waals surface area contributed by atoms with Gasteiger partial charge >= 0.3 is 0 Å². The summed E-state index contributed by atoms with van der Waals surface area (Å²) in [5, 5.41) is 16.1. The standard InChI is InChI=1S/C16H24N4O4.ClH/c1-10(2)7-13(9-17)19-15(21)11(3)18-16(22)12-5-4-6-14(8-12)20(23)24;/h4-6,8,10-11,13H,7,9,17H2,1-3H3,(H,18,22)(H,19,21);1H. The van der Waals surface area contributed by atoms with Crippen molar-refractivity contribution in [3.05, 3.63) is 39.9 Å². The van der Waals surface area contributed by atoms with Crippen molar-refractivity contribution in [3.8, 4) is 0 Å². The van der Waals surface area contributed by atoms with E-state index in [0.717, 1.165) is 6.42 Å². The molecule has 1 aromatic rings. The van der Waals surface area contributed by atoms with Crippen molar-refractivity contribution < 1.29 is 14.5 Å². The molecule has 2 atom stereocenters. The number of hydrogen-bond donors (Lipinski definition) is 3. The lowest BCUT2D eigenvalue weighted by molar-refractivity contribution is -0.384. The van der Waals surface area contributed by atoms with Crippen molar-refractivity contribution in [3.63, 3.8) is 0 Å². The van der Waals surface area contributed by atoms with Gasteiger partial charge in [0, 0.05) is 30.3 Å². The minimum atomic E-state index is -0.780. The van der Waals surface area contributed by atoms with E-state index in [1.54, 1.807) is 6.92 Å². The Balaban J connectivity index is 0.00000576. The first-order valence-electron chi connectivity index (χ1n) is 7.80. The fourth-order valence-electron chi connectivity index (χ4n) is 2.22. The van der Waals surface area contributed by atoms with E-state index in [4.69, 9.17) is 5.73 Å². The Bertz CT molecular complexity index is 610. The van der Waals surface area contributed by atoms with Crippen LogP contribution in [0.1, 0.15) is 37.6 Å². The zero-order valence-electron chi connectivity index (χ0n) is 14.5. The number of nitrogens with zero attached hydrogens (tertiary/aromatic N) is 1. The summed E-state index contributed by atoms with van der Waals surface area (Å²) in [5.41, 5.74) is 5.59. The Labute approximate surface area is 153 Å². The molecule has 8 nitrogen and oxygen atoms in total. The SMILES string of the molecule is CC(C)CC(CN)NC(=O)C(C)NC(=O)c1cccc([N+](=O)[O-])c1.Cl. The van der Waals surface area contributed by atoms with Gasteiger partial charge in [0.1, 0.15) is 6.04 Å². The zero-order chi connectivity index (χ0) is 18.3. The molecular formula is C16H25ClN4O4. The molecule has 0 bridgehead atoms. The maximum atomic E-state index is 12.1. The molecule has 1 aromatic carbocycles. The third-order valence-electron chi connectivity index (χ3n) is 3.45. The molecule has 25 heavy (non-hydrogen) atoms. The summed E-state index contributed by atoms with van der Waals surface area (Å²) in [6.07, 6.45) is 0.744. The van der Waals surface area contributed by atoms with Gasteiger partial charge < -0.3 is 16.4 Å². The van der Waals surface area contributed by atoms with Crippen molar-refractivity contribution in [1.29, 1.82) is 0 Å². The number of nitro benzene ring substituents is 1. The topological polar surface area (TPSA) is 127 Å². The normalized spacial score (nSPS) is 12.7. The second-order valence-electron chi connectivity index (χ2n) is 6.07. The van der Waals surface area contributed by atoms with Crippen molar-refractivity contribution >= 4 is 29.9 Å². The quantitative estimate of drug-likeness (QED) is 0.472. The van der Waals surface area contributed by atoms with Gasteiger partial charge in [-0.15, -0.1) is 12.4 Å². The van der Waals surface area contributed by atoms with E-state index in [9.17, 15) is 19.7 Å². The number of benzene rings is 1. The fraction of sp³-hybridized carbons (Fsp3) is 0.500. The van der Waals surface area contributed by atoms with E-state index in [-0.39, 0.29) is 35.6 Å². The summed E-state index contributed by atoms with van der Waals surface area (Å²) >= 11 is 0. The number of nitrogens with two attached hydrogens (primary N) is 1. The first kappa shape index (κ1) is 22.8. The number of halogens is 1. The largest absolute Gasteiger partial charge is 0.350 e. The Hall–Kier alpha value is -2.19. The van der Waals surface area contributed by atoms with Crippen LogP contribution < -0.4 is 16.4 Å². The third-order valence-corrected chi connectivity index (χ3v) is 3.45. The van der Waals surface area contributed by atoms with E-state index in [1.807, 2.05) is 13.8 Å². The molecule has 140 valence electrons. The number of nitrogens with one attached hydrogen (secondary N) is 2. The van der Waals surface area contributed by atoms with Crippen LogP contribution in [0.5, 0.6) is 0 Å². The summed E-state index contributed by atoms with van der Waals surface area (Å²) in [4.78, 5) is 34.4. The number of rotatable bonds is 8. The van der Waals surface area contributed by atoms with Gasteiger partial charge in [-0.3, -0.25) is 19.7 Å². The van der Waals surface area contributed by atoms with Gasteiger partial charge in [0.15, 0.2) is 0 Å². The van der Waals surface area contributed by atoms with Gasteiger partial charge in [-0.05, 0) is 25.3 Å². The lowest BCUT2D eigenvalue weighted by atomic mass is 10.0. The Morgan fingerprint density at radius 1 is 1.24 bits per heavy atom. The number of hydrogen-bond acceptors (Lipinski definition) is 5. The molecule has 0 aliphatic rings. The van der Waals surface area contributed by atoms with Crippen LogP contribution >= 0.6 is 12.4 Å². The summed E-state index contributed by atoms with van der Waals surface area (Å²) in [6, 6.07) is 4.40. The first-order valence-corrected chi connectivity index (χ1v) is 7.80. The summed E-state index contributed by atoms with van der Waals surface area (Å²) < 4.78 is 0. The molecular weight excluding hydrogens is 348 g/mol. The average molecular weight is 373 g/mol. The fourth-order valence-corrected chi connectivity index (χ4v) is 2.22. The van der Waals surface area contributed by atoms with E-state index in [2.05, 4.69) is 10.6 Å². The molecule has 2 amide bonds. The van der Waals surface area contributed by atoms with Gasteiger partial charge in [-0.2, -0.15) is 0 Å². The van der Waals surface area contributed by atoms with Crippen LogP contribution in [0.4, 0.5) is 5.69 Å². The molecule has 0 saturated carbocycles. The molecule has 0 aliphatic carbocycles. The number of carbonyl (C=O) groups is 2. The average Bonchev–Trinajstić information content (AvgIpc) is 2.53. The predicted molar refractivity (Wildman–Crippen MR) is 97.7 cm³/mol. The smallest absolute Gasteiger partial charge is 0.270 e. The number of non-ortho nitro benzene ring substituents is 1. The highest BCUT2D eigenvalue weighted by atomic mass is 35.5. The lowest BCUT2D eigenvalue weighted by Crippen LogP contribution is -2.50. The maximum absolute atomic E-state index is 12.1. The summed E-state index contributed by atoms with van der Waals surface area (Å²) in [5.74, 6) is -0.506. The van der Waals surface area contributed by atoms with Crippen LogP contribution in [-0.4, -0.2) is 35.4 Å². The number of nitro groups is 1. The molecule has 0 saturated heterocycles. The van der Waals surface area contributed by atoms with Crippen LogP contribution in [-0.2, 0) is 4.79 Å². The second-order valence-corrected chi connectivity index (χ2v) is 6.07. The van der Waals surface area contributed by atoms with Crippen molar-refractivity contribution in [2.45, 2.75) is 39.3 Å². The molecule has 2 unspecified atom stereocenters. The molecule has 0 fully saturated rings. The third kappa shape index (κ3) is 7.49. The second kappa shape index (κ2) is 10.6. The van der Waals surface area contributed by atoms with Gasteiger partial charge in [0.25, 0.3) is 11.6 Å². The first-order chi connectivity index (χ1) is 11.2. The Morgan fingerprint density at radius 3 is 2.40 bits per heavy atom. The van der Waals surface area contributed by atoms with Crippen molar-refractivity contribution in [1.82, 2.24) is 10.6 Å². The highest BCUT2D eigenvalue weighted by Crippen LogP contribution is 2.13. The number of carbonyl (C=O) groups excluding carboxylic acids is 2. The molecule has 0 aliphatic heterocycles. The highest BCUT2D eigenvalue weighted by Gasteiger charge is 2.20. The summed E-state index contributed by atoms with van der Waals surface area (Å²) in [6.45, 7) is 5.92. The minimum Gasteiger partial charge on any atom is -0.350 e. The Kier molecular flexibility index (Phi) is 9.70. The van der Waals surface area contributed by atoms with Crippen molar-refractivity contribution in [2.75, 3.05) is 6.54 Å². The lowest BCUT2D eigenvalue weighted by Gasteiger charge is -2.21. The van der Waals surface area contributed by atoms with E-state index < -0.39 is 16.9 Å². The zero-order valence-corrected chi connectivity index (χ0v) is 15.3. The van der Waals surface area contributed by atoms with Crippen LogP contribution in [0, 0.1) is 16.0 Å². The van der Waals surface area contributed by atoms with Crippen LogP contribution in [0.3, 0.4) is 0 Å². The van der Waals surface area contributed by atoms with Gasteiger partial charge in [0.2, 0.25) is 5.91 Å². The molecule has 0 heterocycles. The molecule has 1 rings (SSSR count). The van der Waals surface area contributed by atoms with E-state index >= 15 is 0 Å².